The third kappa shape index (κ3) is 4.56. The predicted molar refractivity (Wildman–Crippen MR) is 103 cm³/mol. The second-order valence-corrected chi connectivity index (χ2v) is 8.51. The molecule has 1 saturated carbocycles. The van der Waals surface area contributed by atoms with Gasteiger partial charge in [0.1, 0.15) is 0 Å². The van der Waals surface area contributed by atoms with Crippen molar-refractivity contribution in [2.75, 3.05) is 4.72 Å². The van der Waals surface area contributed by atoms with E-state index in [0.29, 0.717) is 5.56 Å². The molecule has 1 amide bonds. The first-order chi connectivity index (χ1) is 12.5. The largest absolute Gasteiger partial charge is 0.349 e. The minimum absolute atomic E-state index is 0.148. The lowest BCUT2D eigenvalue weighted by Gasteiger charge is -2.22. The number of benzene rings is 2. The highest BCUT2D eigenvalue weighted by molar-refractivity contribution is 7.92. The summed E-state index contributed by atoms with van der Waals surface area (Å²) in [6.07, 6.45) is 5.47. The van der Waals surface area contributed by atoms with Crippen LogP contribution >= 0.6 is 11.6 Å². The number of carbonyl (C=O) groups is 1. The van der Waals surface area contributed by atoms with E-state index < -0.39 is 10.0 Å². The van der Waals surface area contributed by atoms with Gasteiger partial charge >= 0.3 is 0 Å². The van der Waals surface area contributed by atoms with Crippen LogP contribution in [0.3, 0.4) is 0 Å². The Hall–Kier alpha value is -2.05. The second kappa shape index (κ2) is 8.10. The topological polar surface area (TPSA) is 75.3 Å². The van der Waals surface area contributed by atoms with Crippen LogP contribution in [0.1, 0.15) is 42.5 Å². The molecule has 1 aliphatic carbocycles. The van der Waals surface area contributed by atoms with Gasteiger partial charge in [-0.1, -0.05) is 49.1 Å². The monoisotopic (exact) mass is 392 g/mol. The summed E-state index contributed by atoms with van der Waals surface area (Å²) < 4.78 is 27.2. The van der Waals surface area contributed by atoms with E-state index in [0.717, 1.165) is 25.7 Å². The van der Waals surface area contributed by atoms with E-state index in [4.69, 9.17) is 11.6 Å². The molecule has 0 radical (unpaired) electrons. The van der Waals surface area contributed by atoms with E-state index in [2.05, 4.69) is 10.0 Å². The van der Waals surface area contributed by atoms with E-state index in [1.807, 2.05) is 0 Å². The smallest absolute Gasteiger partial charge is 0.261 e. The molecule has 0 aromatic heterocycles. The van der Waals surface area contributed by atoms with Gasteiger partial charge in [0.05, 0.1) is 15.6 Å². The van der Waals surface area contributed by atoms with Crippen LogP contribution in [-0.4, -0.2) is 20.4 Å². The number of sulfonamides is 1. The number of amides is 1. The summed E-state index contributed by atoms with van der Waals surface area (Å²) in [5.41, 5.74) is 0.660. The second-order valence-electron chi connectivity index (χ2n) is 6.42. The van der Waals surface area contributed by atoms with Crippen molar-refractivity contribution < 1.29 is 13.2 Å². The molecule has 0 heterocycles. The molecule has 1 aliphatic rings. The molecular formula is C19H21ClN2O3S. The Morgan fingerprint density at radius 2 is 1.69 bits per heavy atom. The van der Waals surface area contributed by atoms with Gasteiger partial charge in [-0.25, -0.2) is 8.42 Å². The van der Waals surface area contributed by atoms with Crippen LogP contribution in [0.2, 0.25) is 5.02 Å². The molecule has 2 N–H and O–H groups in total. The van der Waals surface area contributed by atoms with Crippen molar-refractivity contribution in [2.45, 2.75) is 43.0 Å². The molecule has 0 atom stereocenters. The Morgan fingerprint density at radius 3 is 2.35 bits per heavy atom. The maximum absolute atomic E-state index is 12.4. The Labute approximate surface area is 158 Å². The van der Waals surface area contributed by atoms with Crippen molar-refractivity contribution in [1.82, 2.24) is 5.32 Å². The lowest BCUT2D eigenvalue weighted by atomic mass is 9.95. The molecule has 26 heavy (non-hydrogen) atoms. The van der Waals surface area contributed by atoms with Crippen molar-refractivity contribution in [3.8, 4) is 0 Å². The fraction of sp³-hybridized carbons (Fsp3) is 0.316. The molecule has 0 bridgehead atoms. The first kappa shape index (κ1) is 18.7. The van der Waals surface area contributed by atoms with Crippen LogP contribution in [0, 0.1) is 0 Å². The lowest BCUT2D eigenvalue weighted by Crippen LogP contribution is -2.36. The molecule has 0 spiro atoms. The molecule has 3 rings (SSSR count). The number of nitrogens with one attached hydrogen (secondary N) is 2. The maximum atomic E-state index is 12.4. The molecule has 2 aromatic carbocycles. The van der Waals surface area contributed by atoms with Gasteiger partial charge in [-0.15, -0.1) is 0 Å². The standard InChI is InChI=1S/C19H21ClN2O3S/c20-17-13-14(19(23)21-15-7-3-1-4-8-15)11-12-18(17)22-26(24,25)16-9-5-2-6-10-16/h2,5-6,9-13,15,22H,1,3-4,7-8H2,(H,21,23). The van der Waals surface area contributed by atoms with E-state index in [9.17, 15) is 13.2 Å². The zero-order valence-corrected chi connectivity index (χ0v) is 15.8. The third-order valence-electron chi connectivity index (χ3n) is 4.47. The summed E-state index contributed by atoms with van der Waals surface area (Å²) in [6.45, 7) is 0. The van der Waals surface area contributed by atoms with E-state index in [-0.39, 0.29) is 27.6 Å². The van der Waals surface area contributed by atoms with Gasteiger partial charge in [-0.2, -0.15) is 0 Å². The average molecular weight is 393 g/mol. The normalized spacial score (nSPS) is 15.4. The van der Waals surface area contributed by atoms with Crippen LogP contribution in [0.5, 0.6) is 0 Å². The summed E-state index contributed by atoms with van der Waals surface area (Å²) in [4.78, 5) is 12.5. The minimum atomic E-state index is -3.73. The Kier molecular flexibility index (Phi) is 5.84. The van der Waals surface area contributed by atoms with Gasteiger partial charge in [-0.05, 0) is 43.2 Å². The van der Waals surface area contributed by atoms with Gasteiger partial charge in [-0.3, -0.25) is 9.52 Å². The third-order valence-corrected chi connectivity index (χ3v) is 6.16. The number of anilines is 1. The zero-order valence-electron chi connectivity index (χ0n) is 14.2. The van der Waals surface area contributed by atoms with Gasteiger partial charge < -0.3 is 5.32 Å². The zero-order chi connectivity index (χ0) is 18.6. The van der Waals surface area contributed by atoms with Gasteiger partial charge in [0.15, 0.2) is 0 Å². The van der Waals surface area contributed by atoms with Crippen molar-refractivity contribution in [1.29, 1.82) is 0 Å². The number of halogens is 1. The fourth-order valence-corrected chi connectivity index (χ4v) is 4.44. The summed E-state index contributed by atoms with van der Waals surface area (Å²) >= 11 is 6.20. The molecule has 0 unspecified atom stereocenters. The summed E-state index contributed by atoms with van der Waals surface area (Å²) in [5.74, 6) is -0.184. The highest BCUT2D eigenvalue weighted by Crippen LogP contribution is 2.26. The lowest BCUT2D eigenvalue weighted by molar-refractivity contribution is 0.0927. The van der Waals surface area contributed by atoms with Crippen LogP contribution in [0.15, 0.2) is 53.4 Å². The highest BCUT2D eigenvalue weighted by atomic mass is 35.5. The number of rotatable bonds is 5. The van der Waals surface area contributed by atoms with Crippen molar-refractivity contribution in [2.24, 2.45) is 0 Å². The van der Waals surface area contributed by atoms with Crippen LogP contribution in [-0.2, 0) is 10.0 Å². The summed E-state index contributed by atoms with van der Waals surface area (Å²) in [7, 11) is -3.73. The molecule has 0 saturated heterocycles. The SMILES string of the molecule is O=C(NC1CCCCC1)c1ccc(NS(=O)(=O)c2ccccc2)c(Cl)c1. The molecule has 0 aliphatic heterocycles. The summed E-state index contributed by atoms with van der Waals surface area (Å²) in [6, 6.07) is 12.8. The van der Waals surface area contributed by atoms with Crippen LogP contribution in [0.25, 0.3) is 0 Å². The maximum Gasteiger partial charge on any atom is 0.261 e. The molecule has 7 heteroatoms. The highest BCUT2D eigenvalue weighted by Gasteiger charge is 2.19. The summed E-state index contributed by atoms with van der Waals surface area (Å²) in [5, 5.41) is 3.20. The van der Waals surface area contributed by atoms with Crippen molar-refractivity contribution >= 4 is 33.2 Å². The molecule has 2 aromatic rings. The molecule has 5 nitrogen and oxygen atoms in total. The number of carbonyl (C=O) groups excluding carboxylic acids is 1. The van der Waals surface area contributed by atoms with Gasteiger partial charge in [0.2, 0.25) is 0 Å². The minimum Gasteiger partial charge on any atom is -0.349 e. The number of hydrogen-bond donors (Lipinski definition) is 2. The van der Waals surface area contributed by atoms with E-state index in [1.165, 1.54) is 30.7 Å². The van der Waals surface area contributed by atoms with Crippen LogP contribution in [0.4, 0.5) is 5.69 Å². The Balaban J connectivity index is 1.72. The first-order valence-corrected chi connectivity index (χ1v) is 10.5. The van der Waals surface area contributed by atoms with Gasteiger partial charge in [0, 0.05) is 11.6 Å². The first-order valence-electron chi connectivity index (χ1n) is 8.64. The molecule has 1 fully saturated rings. The number of hydrogen-bond acceptors (Lipinski definition) is 3. The van der Waals surface area contributed by atoms with Crippen molar-refractivity contribution in [3.63, 3.8) is 0 Å². The van der Waals surface area contributed by atoms with Crippen molar-refractivity contribution in [3.05, 3.63) is 59.1 Å². The molecular weight excluding hydrogens is 372 g/mol. The Morgan fingerprint density at radius 1 is 1.00 bits per heavy atom. The van der Waals surface area contributed by atoms with E-state index >= 15 is 0 Å². The van der Waals surface area contributed by atoms with Gasteiger partial charge in [0.25, 0.3) is 15.9 Å². The fourth-order valence-electron chi connectivity index (χ4n) is 3.06. The Bertz CT molecular complexity index is 879. The van der Waals surface area contributed by atoms with E-state index in [1.54, 1.807) is 24.3 Å². The molecule has 138 valence electrons. The predicted octanol–water partition coefficient (Wildman–Crippen LogP) is 4.20. The van der Waals surface area contributed by atoms with Crippen LogP contribution < -0.4 is 10.0 Å². The average Bonchev–Trinajstić information content (AvgIpc) is 2.65. The quantitative estimate of drug-likeness (QED) is 0.800.